The van der Waals surface area contributed by atoms with Crippen molar-refractivity contribution in [1.82, 2.24) is 0 Å². The predicted octanol–water partition coefficient (Wildman–Crippen LogP) is 5.87. The number of morpholine rings is 1. The molecule has 1 fully saturated rings. The van der Waals surface area contributed by atoms with E-state index in [0.717, 1.165) is 36.4 Å². The number of nitrogens with one attached hydrogen (secondary N) is 1. The van der Waals surface area contributed by atoms with Crippen LogP contribution in [0.25, 0.3) is 6.08 Å². The van der Waals surface area contributed by atoms with E-state index in [4.69, 9.17) is 16.3 Å². The van der Waals surface area contributed by atoms with Gasteiger partial charge in [0.05, 0.1) is 35.1 Å². The molecule has 0 radical (unpaired) electrons. The number of anilines is 2. The maximum absolute atomic E-state index is 13.6. The normalized spacial score (nSPS) is 15.3. The Labute approximate surface area is 184 Å². The molecule has 1 saturated heterocycles. The van der Waals surface area contributed by atoms with E-state index in [-0.39, 0.29) is 5.56 Å². The first-order chi connectivity index (χ1) is 14.9. The minimum absolute atomic E-state index is 0.00980. The van der Waals surface area contributed by atoms with Crippen LogP contribution in [0.2, 0.25) is 5.02 Å². The minimum Gasteiger partial charge on any atom is -0.378 e. The molecule has 2 aromatic rings. The fourth-order valence-electron chi connectivity index (χ4n) is 3.10. The fraction of sp³-hybridized carbons (Fsp3) is 0.286. The molecule has 32 heavy (non-hydrogen) atoms. The molecule has 1 aliphatic heterocycles. The minimum atomic E-state index is -4.73. The van der Waals surface area contributed by atoms with Crippen molar-refractivity contribution in [2.24, 2.45) is 0 Å². The first-order valence-electron chi connectivity index (χ1n) is 9.35. The zero-order chi connectivity index (χ0) is 23.5. The van der Waals surface area contributed by atoms with Crippen LogP contribution in [0.1, 0.15) is 16.7 Å². The van der Waals surface area contributed by atoms with Gasteiger partial charge in [0.1, 0.15) is 0 Å². The number of carbonyl (C=O) groups excluding carboxylic acids is 1. The van der Waals surface area contributed by atoms with Crippen molar-refractivity contribution < 1.29 is 35.9 Å². The number of amides is 1. The molecule has 0 spiro atoms. The van der Waals surface area contributed by atoms with Crippen LogP contribution in [0.15, 0.2) is 42.5 Å². The summed E-state index contributed by atoms with van der Waals surface area (Å²) in [6.07, 6.45) is -7.52. The van der Waals surface area contributed by atoms with E-state index in [2.05, 4.69) is 5.32 Å². The van der Waals surface area contributed by atoms with Gasteiger partial charge >= 0.3 is 12.4 Å². The van der Waals surface area contributed by atoms with Gasteiger partial charge in [-0.15, -0.1) is 0 Å². The van der Waals surface area contributed by atoms with Crippen LogP contribution in [0.5, 0.6) is 0 Å². The third kappa shape index (κ3) is 5.95. The van der Waals surface area contributed by atoms with Crippen LogP contribution in [0.4, 0.5) is 37.7 Å². The van der Waals surface area contributed by atoms with Crippen molar-refractivity contribution in [3.63, 3.8) is 0 Å². The molecule has 0 aromatic heterocycles. The Morgan fingerprint density at radius 2 is 1.62 bits per heavy atom. The van der Waals surface area contributed by atoms with E-state index in [1.54, 1.807) is 4.90 Å². The van der Waals surface area contributed by atoms with Crippen molar-refractivity contribution in [1.29, 1.82) is 0 Å². The lowest BCUT2D eigenvalue weighted by Gasteiger charge is -2.29. The van der Waals surface area contributed by atoms with E-state index in [0.29, 0.717) is 32.0 Å². The van der Waals surface area contributed by atoms with Crippen LogP contribution in [-0.4, -0.2) is 32.2 Å². The molecule has 1 heterocycles. The molecule has 1 amide bonds. The number of carbonyl (C=O) groups is 1. The summed E-state index contributed by atoms with van der Waals surface area (Å²) in [6.45, 7) is 1.66. The van der Waals surface area contributed by atoms with Crippen molar-refractivity contribution >= 4 is 35.0 Å². The number of alkyl halides is 6. The van der Waals surface area contributed by atoms with E-state index < -0.39 is 40.1 Å². The second kappa shape index (κ2) is 9.41. The van der Waals surface area contributed by atoms with Gasteiger partial charge in [0, 0.05) is 24.9 Å². The number of nitrogens with zero attached hydrogens (tertiary/aromatic N) is 1. The quantitative estimate of drug-likeness (QED) is 0.442. The highest BCUT2D eigenvalue weighted by Gasteiger charge is 2.35. The molecule has 11 heteroatoms. The summed E-state index contributed by atoms with van der Waals surface area (Å²) in [5.41, 5.74) is -2.23. The molecule has 1 aliphatic rings. The number of ether oxygens (including phenoxy) is 1. The van der Waals surface area contributed by atoms with Crippen molar-refractivity contribution in [3.8, 4) is 0 Å². The molecule has 0 bridgehead atoms. The van der Waals surface area contributed by atoms with E-state index in [1.165, 1.54) is 12.1 Å². The van der Waals surface area contributed by atoms with E-state index >= 15 is 0 Å². The zero-order valence-electron chi connectivity index (χ0n) is 16.4. The SMILES string of the molecule is O=C(C=Cc1ccc(Cl)c(C(F)(F)F)c1)Nc1ccc(N2CCOCC2)cc1C(F)(F)F. The monoisotopic (exact) mass is 478 g/mol. The Hall–Kier alpha value is -2.72. The van der Waals surface area contributed by atoms with Crippen LogP contribution in [0, 0.1) is 0 Å². The third-order valence-corrected chi connectivity index (χ3v) is 5.00. The van der Waals surface area contributed by atoms with Crippen molar-refractivity contribution in [2.45, 2.75) is 12.4 Å². The third-order valence-electron chi connectivity index (χ3n) is 4.67. The summed E-state index contributed by atoms with van der Waals surface area (Å²) in [7, 11) is 0. The second-order valence-electron chi connectivity index (χ2n) is 6.89. The molecule has 0 saturated carbocycles. The maximum atomic E-state index is 13.6. The lowest BCUT2D eigenvalue weighted by molar-refractivity contribution is -0.138. The standard InChI is InChI=1S/C21H17ClF6N2O2/c22-17-4-1-13(11-15(17)20(23,24)25)2-6-19(31)29-18-5-3-14(12-16(18)21(26,27)28)30-7-9-32-10-8-30/h1-6,11-12H,7-10H2,(H,29,31). The topological polar surface area (TPSA) is 41.6 Å². The van der Waals surface area contributed by atoms with E-state index in [9.17, 15) is 31.1 Å². The van der Waals surface area contributed by atoms with Crippen LogP contribution in [0.3, 0.4) is 0 Å². The Morgan fingerprint density at radius 1 is 0.969 bits per heavy atom. The van der Waals surface area contributed by atoms with Gasteiger partial charge in [-0.25, -0.2) is 0 Å². The Morgan fingerprint density at radius 3 is 2.25 bits per heavy atom. The van der Waals surface area contributed by atoms with Crippen LogP contribution >= 0.6 is 11.6 Å². The van der Waals surface area contributed by atoms with Gasteiger partial charge in [-0.2, -0.15) is 26.3 Å². The molecular weight excluding hydrogens is 462 g/mol. The number of halogens is 7. The van der Waals surface area contributed by atoms with Gasteiger partial charge in [0.25, 0.3) is 0 Å². The lowest BCUT2D eigenvalue weighted by Crippen LogP contribution is -2.36. The van der Waals surface area contributed by atoms with Gasteiger partial charge in [0.15, 0.2) is 0 Å². The Kier molecular flexibility index (Phi) is 7.04. The number of hydrogen-bond acceptors (Lipinski definition) is 3. The average Bonchev–Trinajstić information content (AvgIpc) is 2.72. The summed E-state index contributed by atoms with van der Waals surface area (Å²) >= 11 is 5.54. The number of benzene rings is 2. The first kappa shape index (κ1) is 23.9. The van der Waals surface area contributed by atoms with Crippen molar-refractivity contribution in [3.05, 3.63) is 64.2 Å². The average molecular weight is 479 g/mol. The molecule has 2 aromatic carbocycles. The van der Waals surface area contributed by atoms with Gasteiger partial charge in [0.2, 0.25) is 5.91 Å². The lowest BCUT2D eigenvalue weighted by atomic mass is 10.1. The summed E-state index contributed by atoms with van der Waals surface area (Å²) in [5, 5.41) is 1.63. The Balaban J connectivity index is 1.80. The highest BCUT2D eigenvalue weighted by Crippen LogP contribution is 2.38. The molecule has 0 atom stereocenters. The molecular formula is C21H17ClF6N2O2. The fourth-order valence-corrected chi connectivity index (χ4v) is 3.33. The summed E-state index contributed by atoms with van der Waals surface area (Å²) < 4.78 is 84.7. The molecule has 1 N–H and O–H groups in total. The second-order valence-corrected chi connectivity index (χ2v) is 7.29. The molecule has 0 aliphatic carbocycles. The summed E-state index contributed by atoms with van der Waals surface area (Å²) in [6, 6.07) is 6.55. The smallest absolute Gasteiger partial charge is 0.378 e. The van der Waals surface area contributed by atoms with Gasteiger partial charge in [-0.1, -0.05) is 17.7 Å². The van der Waals surface area contributed by atoms with Crippen LogP contribution in [-0.2, 0) is 21.9 Å². The van der Waals surface area contributed by atoms with Gasteiger partial charge < -0.3 is 15.0 Å². The highest BCUT2D eigenvalue weighted by atomic mass is 35.5. The number of hydrogen-bond donors (Lipinski definition) is 1. The highest BCUT2D eigenvalue weighted by molar-refractivity contribution is 6.31. The zero-order valence-corrected chi connectivity index (χ0v) is 17.1. The molecule has 0 unspecified atom stereocenters. The van der Waals surface area contributed by atoms with Crippen molar-refractivity contribution in [2.75, 3.05) is 36.5 Å². The largest absolute Gasteiger partial charge is 0.418 e. The van der Waals surface area contributed by atoms with Crippen LogP contribution < -0.4 is 10.2 Å². The molecule has 3 rings (SSSR count). The first-order valence-corrected chi connectivity index (χ1v) is 9.73. The Bertz CT molecular complexity index is 1010. The van der Waals surface area contributed by atoms with Gasteiger partial charge in [-0.05, 0) is 42.0 Å². The maximum Gasteiger partial charge on any atom is 0.418 e. The molecule has 4 nitrogen and oxygen atoms in total. The summed E-state index contributed by atoms with van der Waals surface area (Å²) in [4.78, 5) is 13.9. The molecule has 172 valence electrons. The predicted molar refractivity (Wildman–Crippen MR) is 109 cm³/mol. The number of rotatable bonds is 4. The van der Waals surface area contributed by atoms with E-state index in [1.807, 2.05) is 0 Å². The summed E-state index contributed by atoms with van der Waals surface area (Å²) in [5.74, 6) is -0.932. The van der Waals surface area contributed by atoms with Gasteiger partial charge in [-0.3, -0.25) is 4.79 Å².